The van der Waals surface area contributed by atoms with Crippen LogP contribution in [0, 0.1) is 0 Å². The summed E-state index contributed by atoms with van der Waals surface area (Å²) >= 11 is 0. The van der Waals surface area contributed by atoms with E-state index in [1.54, 1.807) is 0 Å². The Morgan fingerprint density at radius 1 is 1.05 bits per heavy atom. The van der Waals surface area contributed by atoms with E-state index in [-0.39, 0.29) is 18.5 Å². The SMILES string of the molecule is CC(C)=CCC/C(C)=C/C=C/P(=O)([O-])OP(=O)([O-])[O-].[NH4+].[NH4+].[NH4+]. The zero-order valence-corrected chi connectivity index (χ0v) is 15.9. The molecule has 134 valence electrons. The fourth-order valence-corrected chi connectivity index (χ4v) is 2.78. The van der Waals surface area contributed by atoms with Crippen LogP contribution in [-0.4, -0.2) is 0 Å². The van der Waals surface area contributed by atoms with E-state index in [0.29, 0.717) is 5.82 Å². The zero-order valence-electron chi connectivity index (χ0n) is 14.1. The molecule has 0 aliphatic carbocycles. The van der Waals surface area contributed by atoms with Gasteiger partial charge >= 0.3 is 0 Å². The normalized spacial score (nSPS) is 14.2. The molecule has 9 nitrogen and oxygen atoms in total. The lowest BCUT2D eigenvalue weighted by molar-refractivity contribution is -0.337. The summed E-state index contributed by atoms with van der Waals surface area (Å²) in [5.41, 5.74) is 2.11. The minimum absolute atomic E-state index is 0. The van der Waals surface area contributed by atoms with Crippen LogP contribution in [0.1, 0.15) is 33.6 Å². The third-order valence-electron chi connectivity index (χ3n) is 1.95. The molecule has 0 fully saturated rings. The molecular weight excluding hydrogens is 332 g/mol. The molecule has 12 N–H and O–H groups in total. The highest BCUT2D eigenvalue weighted by Crippen LogP contribution is 2.50. The highest BCUT2D eigenvalue weighted by Gasteiger charge is 2.04. The Morgan fingerprint density at radius 3 is 1.95 bits per heavy atom. The van der Waals surface area contributed by atoms with E-state index >= 15 is 0 Å². The molecule has 22 heavy (non-hydrogen) atoms. The van der Waals surface area contributed by atoms with Crippen molar-refractivity contribution >= 4 is 15.4 Å². The second-order valence-corrected chi connectivity index (χ2v) is 7.17. The third-order valence-corrected chi connectivity index (χ3v) is 4.20. The van der Waals surface area contributed by atoms with Crippen molar-refractivity contribution in [3.63, 3.8) is 0 Å². The van der Waals surface area contributed by atoms with Crippen molar-refractivity contribution in [2.45, 2.75) is 33.6 Å². The Labute approximate surface area is 131 Å². The summed E-state index contributed by atoms with van der Waals surface area (Å²) in [5.74, 6) is 0.555. The lowest BCUT2D eigenvalue weighted by atomic mass is 10.1. The van der Waals surface area contributed by atoms with E-state index < -0.39 is 15.4 Å². The highest BCUT2D eigenvalue weighted by molar-refractivity contribution is 7.63. The van der Waals surface area contributed by atoms with Crippen LogP contribution >= 0.6 is 15.4 Å². The van der Waals surface area contributed by atoms with E-state index in [1.807, 2.05) is 26.8 Å². The first-order chi connectivity index (χ1) is 8.52. The van der Waals surface area contributed by atoms with Gasteiger partial charge in [0.1, 0.15) is 0 Å². The summed E-state index contributed by atoms with van der Waals surface area (Å²) in [6, 6.07) is 0. The van der Waals surface area contributed by atoms with Gasteiger partial charge in [0.2, 0.25) is 0 Å². The summed E-state index contributed by atoms with van der Waals surface area (Å²) in [6.07, 6.45) is 6.30. The number of hydrogen-bond donors (Lipinski definition) is 3. The van der Waals surface area contributed by atoms with Crippen LogP contribution in [0.5, 0.6) is 0 Å². The number of rotatable bonds is 7. The van der Waals surface area contributed by atoms with Crippen molar-refractivity contribution in [3.8, 4) is 0 Å². The van der Waals surface area contributed by atoms with E-state index in [0.717, 1.165) is 24.5 Å². The van der Waals surface area contributed by atoms with Crippen LogP contribution in [0.3, 0.4) is 0 Å². The third kappa shape index (κ3) is 19.4. The summed E-state index contributed by atoms with van der Waals surface area (Å²) in [7, 11) is -10.3. The van der Waals surface area contributed by atoms with Crippen LogP contribution in [0.2, 0.25) is 0 Å². The predicted octanol–water partition coefficient (Wildman–Crippen LogP) is 2.72. The Bertz CT molecular complexity index is 480. The fourth-order valence-electron chi connectivity index (χ4n) is 1.15. The summed E-state index contributed by atoms with van der Waals surface area (Å²) in [6.45, 7) is 5.77. The van der Waals surface area contributed by atoms with E-state index in [2.05, 4.69) is 4.31 Å². The molecule has 0 heterocycles. The van der Waals surface area contributed by atoms with Gasteiger partial charge in [0.15, 0.2) is 7.60 Å². The smallest absolute Gasteiger partial charge is 0.161 e. The Morgan fingerprint density at radius 2 is 1.55 bits per heavy atom. The van der Waals surface area contributed by atoms with E-state index in [4.69, 9.17) is 0 Å². The molecule has 0 aromatic carbocycles. The van der Waals surface area contributed by atoms with Crippen molar-refractivity contribution < 1.29 is 28.1 Å². The molecule has 0 amide bonds. The van der Waals surface area contributed by atoms with Gasteiger partial charge in [-0.05, 0) is 39.4 Å². The first-order valence-corrected chi connectivity index (χ1v) is 8.61. The molecule has 0 radical (unpaired) electrons. The molecule has 0 saturated carbocycles. The summed E-state index contributed by atoms with van der Waals surface area (Å²) in [4.78, 5) is 31.4. The molecule has 0 aromatic heterocycles. The van der Waals surface area contributed by atoms with Crippen molar-refractivity contribution in [2.75, 3.05) is 0 Å². The number of quaternary nitrogens is 3. The minimum atomic E-state index is -5.54. The maximum Gasteiger partial charge on any atom is 0.161 e. The molecule has 11 heteroatoms. The second kappa shape index (κ2) is 12.9. The molecular formula is C11H29N3O6P2. The molecule has 0 aliphatic heterocycles. The van der Waals surface area contributed by atoms with Crippen LogP contribution in [0.15, 0.2) is 35.2 Å². The van der Waals surface area contributed by atoms with Gasteiger partial charge in [0.05, 0.1) is 7.82 Å². The van der Waals surface area contributed by atoms with Gasteiger partial charge in [-0.15, -0.1) is 0 Å². The number of hydrogen-bond acceptors (Lipinski definition) is 6. The average molecular weight is 361 g/mol. The van der Waals surface area contributed by atoms with Crippen LogP contribution in [0.25, 0.3) is 0 Å². The largest absolute Gasteiger partial charge is 0.790 e. The van der Waals surface area contributed by atoms with Crippen LogP contribution < -0.4 is 33.1 Å². The first kappa shape index (κ1) is 29.4. The Balaban J connectivity index is -0.000000540. The average Bonchev–Trinajstić information content (AvgIpc) is 2.12. The second-order valence-electron chi connectivity index (χ2n) is 4.24. The van der Waals surface area contributed by atoms with Crippen molar-refractivity contribution in [2.24, 2.45) is 0 Å². The highest BCUT2D eigenvalue weighted by atomic mass is 31.3. The standard InChI is InChI=1S/C11H20O6P2.3H3N/c1-10(2)6-4-7-11(3)8-5-9-18(12,13)17-19(14,15)16;;;/h5-6,8-9H,4,7H2,1-3H3,(H,12,13)(H2,14,15,16);3*1H3/b9-5+,11-8+;;;. The monoisotopic (exact) mass is 361 g/mol. The van der Waals surface area contributed by atoms with E-state index in [9.17, 15) is 23.8 Å². The summed E-state index contributed by atoms with van der Waals surface area (Å²) < 4.78 is 24.6. The van der Waals surface area contributed by atoms with Crippen molar-refractivity contribution in [1.29, 1.82) is 0 Å². The van der Waals surface area contributed by atoms with Crippen LogP contribution in [0.4, 0.5) is 0 Å². The molecule has 0 aromatic rings. The van der Waals surface area contributed by atoms with Gasteiger partial charge in [-0.25, -0.2) is 0 Å². The first-order valence-electron chi connectivity index (χ1n) is 5.54. The van der Waals surface area contributed by atoms with Gasteiger partial charge in [-0.2, -0.15) is 0 Å². The predicted molar refractivity (Wildman–Crippen MR) is 85.8 cm³/mol. The lowest BCUT2D eigenvalue weighted by Gasteiger charge is -2.34. The molecule has 0 rings (SSSR count). The molecule has 0 spiro atoms. The zero-order chi connectivity index (χ0) is 15.1. The molecule has 0 saturated heterocycles. The molecule has 0 aliphatic rings. The van der Waals surface area contributed by atoms with Gasteiger partial charge < -0.3 is 46.6 Å². The van der Waals surface area contributed by atoms with Gasteiger partial charge in [0, 0.05) is 0 Å². The Kier molecular flexibility index (Phi) is 17.2. The number of phosphoric acid groups is 1. The molecule has 0 bridgehead atoms. The molecule has 1 atom stereocenters. The minimum Gasteiger partial charge on any atom is -0.790 e. The van der Waals surface area contributed by atoms with Crippen LogP contribution in [-0.2, 0) is 13.4 Å². The van der Waals surface area contributed by atoms with E-state index in [1.165, 1.54) is 11.6 Å². The fraction of sp³-hybridized carbons (Fsp3) is 0.455. The van der Waals surface area contributed by atoms with Crippen molar-refractivity contribution in [3.05, 3.63) is 35.2 Å². The lowest BCUT2D eigenvalue weighted by Crippen LogP contribution is -2.17. The Hall–Kier alpha value is -0.600. The van der Waals surface area contributed by atoms with Gasteiger partial charge in [-0.1, -0.05) is 29.4 Å². The number of allylic oxidation sites excluding steroid dienone is 5. The quantitative estimate of drug-likeness (QED) is 0.350. The molecule has 1 unspecified atom stereocenters. The van der Waals surface area contributed by atoms with Gasteiger partial charge in [-0.3, -0.25) is 0 Å². The van der Waals surface area contributed by atoms with Gasteiger partial charge in [0.25, 0.3) is 0 Å². The maximum absolute atomic E-state index is 11.0. The van der Waals surface area contributed by atoms with Crippen molar-refractivity contribution in [1.82, 2.24) is 18.5 Å². The topological polar surface area (TPSA) is 222 Å². The summed E-state index contributed by atoms with van der Waals surface area (Å²) in [5, 5.41) is 0. The maximum atomic E-state index is 11.0.